The number of imidazole rings is 1. The van der Waals surface area contributed by atoms with E-state index in [2.05, 4.69) is 25.2 Å². The Hall–Kier alpha value is -1.72. The molecule has 2 heterocycles. The van der Waals surface area contributed by atoms with E-state index in [0.29, 0.717) is 6.54 Å². The highest BCUT2D eigenvalue weighted by molar-refractivity contribution is 7.15. The lowest BCUT2D eigenvalue weighted by Gasteiger charge is -2.17. The average molecular weight is 303 g/mol. The molecule has 3 rings (SSSR count). The third kappa shape index (κ3) is 2.36. The van der Waals surface area contributed by atoms with Gasteiger partial charge >= 0.3 is 0 Å². The maximum atomic E-state index is 13.1. The summed E-state index contributed by atoms with van der Waals surface area (Å²) in [5, 5.41) is 2.04. The number of nitrogens with zero attached hydrogens (tertiary/aromatic N) is 2. The Balaban J connectivity index is 2.26. The smallest absolute Gasteiger partial charge is 0.194 e. The molecular formula is C16H18FN3S. The van der Waals surface area contributed by atoms with Crippen molar-refractivity contribution in [3.8, 4) is 11.3 Å². The zero-order valence-corrected chi connectivity index (χ0v) is 13.2. The predicted octanol–water partition coefficient (Wildman–Crippen LogP) is 3.96. The molecule has 0 amide bonds. The molecule has 0 aliphatic rings. The number of benzene rings is 1. The van der Waals surface area contributed by atoms with Crippen LogP contribution in [0.2, 0.25) is 0 Å². The van der Waals surface area contributed by atoms with Gasteiger partial charge in [0, 0.05) is 17.3 Å². The normalized spacial score (nSPS) is 12.2. The van der Waals surface area contributed by atoms with E-state index in [0.717, 1.165) is 27.6 Å². The van der Waals surface area contributed by atoms with Crippen LogP contribution in [0.3, 0.4) is 0 Å². The van der Waals surface area contributed by atoms with Gasteiger partial charge in [-0.3, -0.25) is 4.40 Å². The number of fused-ring (bicyclic) bond motifs is 1. The molecule has 2 N–H and O–H groups in total. The van der Waals surface area contributed by atoms with Crippen molar-refractivity contribution in [2.24, 2.45) is 5.73 Å². The standard InChI is InChI=1S/C16H18FN3S/c1-16(2,3)14-12(8-18)20-13(9-21-15(20)19-14)10-4-6-11(17)7-5-10/h4-7,9H,8,18H2,1-3H3. The summed E-state index contributed by atoms with van der Waals surface area (Å²) in [5.74, 6) is -0.231. The van der Waals surface area contributed by atoms with Crippen molar-refractivity contribution in [3.63, 3.8) is 0 Å². The molecule has 3 aromatic rings. The van der Waals surface area contributed by atoms with E-state index in [1.807, 2.05) is 5.38 Å². The summed E-state index contributed by atoms with van der Waals surface area (Å²) in [5.41, 5.74) is 9.95. The number of nitrogens with two attached hydrogens (primary N) is 1. The highest BCUT2D eigenvalue weighted by Crippen LogP contribution is 2.33. The molecule has 0 radical (unpaired) electrons. The number of halogens is 1. The van der Waals surface area contributed by atoms with Crippen molar-refractivity contribution < 1.29 is 4.39 Å². The van der Waals surface area contributed by atoms with Gasteiger partial charge in [0.25, 0.3) is 0 Å². The number of hydrogen-bond donors (Lipinski definition) is 1. The van der Waals surface area contributed by atoms with E-state index in [1.54, 1.807) is 23.5 Å². The summed E-state index contributed by atoms with van der Waals surface area (Å²) in [6.45, 7) is 6.83. The second-order valence-electron chi connectivity index (χ2n) is 6.11. The Labute approximate surface area is 127 Å². The van der Waals surface area contributed by atoms with Crippen molar-refractivity contribution in [2.75, 3.05) is 0 Å². The third-order valence-corrected chi connectivity index (χ3v) is 4.33. The second-order valence-corrected chi connectivity index (χ2v) is 6.94. The highest BCUT2D eigenvalue weighted by Gasteiger charge is 2.25. The molecule has 0 spiro atoms. The van der Waals surface area contributed by atoms with Gasteiger partial charge in [-0.15, -0.1) is 11.3 Å². The van der Waals surface area contributed by atoms with Gasteiger partial charge in [-0.1, -0.05) is 20.8 Å². The molecular weight excluding hydrogens is 285 g/mol. The maximum Gasteiger partial charge on any atom is 0.194 e. The van der Waals surface area contributed by atoms with Gasteiger partial charge in [0.15, 0.2) is 4.96 Å². The van der Waals surface area contributed by atoms with E-state index >= 15 is 0 Å². The van der Waals surface area contributed by atoms with Gasteiger partial charge in [0.05, 0.1) is 17.1 Å². The van der Waals surface area contributed by atoms with Crippen molar-refractivity contribution >= 4 is 16.3 Å². The van der Waals surface area contributed by atoms with Gasteiger partial charge in [0.1, 0.15) is 5.82 Å². The summed E-state index contributed by atoms with van der Waals surface area (Å²) in [6, 6.07) is 6.52. The van der Waals surface area contributed by atoms with Crippen LogP contribution in [-0.2, 0) is 12.0 Å². The van der Waals surface area contributed by atoms with E-state index in [1.165, 1.54) is 12.1 Å². The molecule has 0 atom stereocenters. The lowest BCUT2D eigenvalue weighted by molar-refractivity contribution is 0.564. The Morgan fingerprint density at radius 2 is 1.90 bits per heavy atom. The van der Waals surface area contributed by atoms with Gasteiger partial charge < -0.3 is 5.73 Å². The first-order valence-corrected chi connectivity index (χ1v) is 7.75. The molecule has 110 valence electrons. The fourth-order valence-corrected chi connectivity index (χ4v) is 3.44. The molecule has 5 heteroatoms. The zero-order valence-electron chi connectivity index (χ0n) is 12.4. The molecule has 21 heavy (non-hydrogen) atoms. The van der Waals surface area contributed by atoms with Crippen molar-refractivity contribution in [3.05, 3.63) is 46.9 Å². The fourth-order valence-electron chi connectivity index (χ4n) is 2.53. The van der Waals surface area contributed by atoms with Crippen molar-refractivity contribution in [1.82, 2.24) is 9.38 Å². The van der Waals surface area contributed by atoms with E-state index in [9.17, 15) is 4.39 Å². The zero-order chi connectivity index (χ0) is 15.2. The number of rotatable bonds is 2. The molecule has 0 aliphatic heterocycles. The first kappa shape index (κ1) is 14.2. The van der Waals surface area contributed by atoms with Crippen LogP contribution in [0.1, 0.15) is 32.2 Å². The molecule has 3 nitrogen and oxygen atoms in total. The Kier molecular flexibility index (Phi) is 3.34. The average Bonchev–Trinajstić information content (AvgIpc) is 2.97. The summed E-state index contributed by atoms with van der Waals surface area (Å²) >= 11 is 1.58. The predicted molar refractivity (Wildman–Crippen MR) is 85.1 cm³/mol. The topological polar surface area (TPSA) is 43.3 Å². The minimum absolute atomic E-state index is 0.0551. The largest absolute Gasteiger partial charge is 0.325 e. The Morgan fingerprint density at radius 1 is 1.24 bits per heavy atom. The Bertz CT molecular complexity index is 778. The summed E-state index contributed by atoms with van der Waals surface area (Å²) in [7, 11) is 0. The highest BCUT2D eigenvalue weighted by atomic mass is 32.1. The molecule has 1 aromatic carbocycles. The lowest BCUT2D eigenvalue weighted by atomic mass is 9.90. The van der Waals surface area contributed by atoms with E-state index < -0.39 is 0 Å². The van der Waals surface area contributed by atoms with Crippen LogP contribution in [0.5, 0.6) is 0 Å². The van der Waals surface area contributed by atoms with Crippen LogP contribution >= 0.6 is 11.3 Å². The monoisotopic (exact) mass is 303 g/mol. The molecule has 0 fully saturated rings. The van der Waals surface area contributed by atoms with Gasteiger partial charge in [-0.2, -0.15) is 0 Å². The van der Waals surface area contributed by atoms with E-state index in [-0.39, 0.29) is 11.2 Å². The number of aromatic nitrogens is 2. The molecule has 2 aromatic heterocycles. The molecule has 0 aliphatic carbocycles. The molecule has 0 unspecified atom stereocenters. The quantitative estimate of drug-likeness (QED) is 0.778. The van der Waals surface area contributed by atoms with E-state index in [4.69, 9.17) is 10.7 Å². The maximum absolute atomic E-state index is 13.1. The fraction of sp³-hybridized carbons (Fsp3) is 0.312. The van der Waals surface area contributed by atoms with Crippen LogP contribution < -0.4 is 5.73 Å². The summed E-state index contributed by atoms with van der Waals surface area (Å²) in [4.78, 5) is 5.68. The number of thiazole rings is 1. The second kappa shape index (κ2) is 4.93. The van der Waals surface area contributed by atoms with Crippen LogP contribution in [0.15, 0.2) is 29.6 Å². The summed E-state index contributed by atoms with van der Waals surface area (Å²) in [6.07, 6.45) is 0. The van der Waals surface area contributed by atoms with Crippen molar-refractivity contribution in [1.29, 1.82) is 0 Å². The third-order valence-electron chi connectivity index (χ3n) is 3.50. The lowest BCUT2D eigenvalue weighted by Crippen LogP contribution is -2.17. The first-order valence-electron chi connectivity index (χ1n) is 6.87. The first-order chi connectivity index (χ1) is 9.91. The number of hydrogen-bond acceptors (Lipinski definition) is 3. The van der Waals surface area contributed by atoms with Crippen LogP contribution in [0.4, 0.5) is 4.39 Å². The van der Waals surface area contributed by atoms with Crippen LogP contribution in [0, 0.1) is 5.82 Å². The van der Waals surface area contributed by atoms with Crippen molar-refractivity contribution in [2.45, 2.75) is 32.7 Å². The summed E-state index contributed by atoms with van der Waals surface area (Å²) < 4.78 is 15.2. The SMILES string of the molecule is CC(C)(C)c1nc2scc(-c3ccc(F)cc3)n2c1CN. The van der Waals surface area contributed by atoms with Gasteiger partial charge in [0.2, 0.25) is 0 Å². The van der Waals surface area contributed by atoms with Gasteiger partial charge in [-0.25, -0.2) is 9.37 Å². The molecule has 0 saturated heterocycles. The Morgan fingerprint density at radius 3 is 2.48 bits per heavy atom. The minimum Gasteiger partial charge on any atom is -0.325 e. The molecule has 0 bridgehead atoms. The van der Waals surface area contributed by atoms with Crippen LogP contribution in [0.25, 0.3) is 16.2 Å². The minimum atomic E-state index is -0.231. The van der Waals surface area contributed by atoms with Gasteiger partial charge in [-0.05, 0) is 29.8 Å². The molecule has 0 saturated carbocycles. The van der Waals surface area contributed by atoms with Crippen LogP contribution in [-0.4, -0.2) is 9.38 Å².